The molecule has 0 bridgehead atoms. The maximum absolute atomic E-state index is 11.8. The van der Waals surface area contributed by atoms with Crippen LogP contribution in [0.15, 0.2) is 58.9 Å². The van der Waals surface area contributed by atoms with E-state index >= 15 is 0 Å². The minimum atomic E-state index is 0.201. The zero-order valence-corrected chi connectivity index (χ0v) is 29.8. The summed E-state index contributed by atoms with van der Waals surface area (Å²) in [6.07, 6.45) is 16.6. The number of carbonyl (C=O) groups is 1. The highest BCUT2D eigenvalue weighted by Crippen LogP contribution is 2.28. The Bertz CT molecular complexity index is 1710. The van der Waals surface area contributed by atoms with Crippen LogP contribution >= 0.6 is 0 Å². The summed E-state index contributed by atoms with van der Waals surface area (Å²) in [7, 11) is 1.50. The van der Waals surface area contributed by atoms with Crippen molar-refractivity contribution in [3.63, 3.8) is 0 Å². The molecule has 1 aromatic carbocycles. The number of imidazole rings is 1. The van der Waals surface area contributed by atoms with Crippen molar-refractivity contribution in [2.75, 3.05) is 20.3 Å². The third kappa shape index (κ3) is 9.14. The first-order valence-corrected chi connectivity index (χ1v) is 16.6. The Hall–Kier alpha value is -3.81. The molecule has 4 N–H and O–H groups in total. The first-order valence-electron chi connectivity index (χ1n) is 16.6. The SMILES string of the molecule is C/C=C(\C)C(/C=C\C=C(/C)OC1CCOCC1)=C(C)CC.CC/C=c1\c(C=O)c2[nH]c3c(O)ccc(C)c3n2c1=C(C)CC.CN. The number of nitrogens with one attached hydrogen (secondary N) is 1. The summed E-state index contributed by atoms with van der Waals surface area (Å²) in [4.78, 5) is 15.0. The van der Waals surface area contributed by atoms with Crippen molar-refractivity contribution >= 4 is 34.6 Å². The highest BCUT2D eigenvalue weighted by molar-refractivity contribution is 5.95. The highest BCUT2D eigenvalue weighted by atomic mass is 16.5. The molecule has 0 spiro atoms. The van der Waals surface area contributed by atoms with Gasteiger partial charge in [-0.05, 0) is 102 Å². The number of phenols is 1. The molecule has 0 atom stereocenters. The number of aromatic nitrogens is 2. The molecule has 0 aliphatic carbocycles. The summed E-state index contributed by atoms with van der Waals surface area (Å²) in [6.45, 7) is 20.6. The van der Waals surface area contributed by atoms with Gasteiger partial charge in [0, 0.05) is 18.1 Å². The van der Waals surface area contributed by atoms with Crippen molar-refractivity contribution in [3.05, 3.63) is 80.6 Å². The molecule has 0 unspecified atom stereocenters. The third-order valence-electron chi connectivity index (χ3n) is 8.50. The van der Waals surface area contributed by atoms with Crippen molar-refractivity contribution in [2.45, 2.75) is 101 Å². The van der Waals surface area contributed by atoms with E-state index in [1.54, 1.807) is 6.07 Å². The number of aromatic hydroxyl groups is 1. The second-order valence-electron chi connectivity index (χ2n) is 11.6. The minimum Gasteiger partial charge on any atom is -0.506 e. The fourth-order valence-corrected chi connectivity index (χ4v) is 5.62. The molecular formula is C39H57N3O4. The van der Waals surface area contributed by atoms with E-state index in [2.05, 4.69) is 94.0 Å². The van der Waals surface area contributed by atoms with Gasteiger partial charge in [-0.2, -0.15) is 0 Å². The lowest BCUT2D eigenvalue weighted by Gasteiger charge is -2.23. The third-order valence-corrected chi connectivity index (χ3v) is 8.50. The van der Waals surface area contributed by atoms with Crippen molar-refractivity contribution in [3.8, 4) is 5.75 Å². The van der Waals surface area contributed by atoms with Gasteiger partial charge in [0.15, 0.2) is 6.29 Å². The van der Waals surface area contributed by atoms with Crippen LogP contribution < -0.4 is 16.3 Å². The van der Waals surface area contributed by atoms with Crippen molar-refractivity contribution in [2.24, 2.45) is 5.73 Å². The number of benzene rings is 1. The van der Waals surface area contributed by atoms with Crippen LogP contribution in [0.2, 0.25) is 0 Å². The lowest BCUT2D eigenvalue weighted by molar-refractivity contribution is -0.00335. The minimum absolute atomic E-state index is 0.201. The predicted molar refractivity (Wildman–Crippen MR) is 195 cm³/mol. The molecule has 0 saturated carbocycles. The number of nitrogens with zero attached hydrogens (tertiary/aromatic N) is 1. The molecule has 252 valence electrons. The molecule has 1 fully saturated rings. The van der Waals surface area contributed by atoms with E-state index in [0.717, 1.165) is 84.7 Å². The molecular weight excluding hydrogens is 574 g/mol. The first kappa shape index (κ1) is 38.4. The average molecular weight is 632 g/mol. The Morgan fingerprint density at radius 3 is 2.35 bits per heavy atom. The van der Waals surface area contributed by atoms with E-state index in [0.29, 0.717) is 17.2 Å². The molecule has 3 aromatic rings. The number of aromatic amines is 1. The van der Waals surface area contributed by atoms with Gasteiger partial charge in [0.25, 0.3) is 0 Å². The van der Waals surface area contributed by atoms with Crippen molar-refractivity contribution in [1.82, 2.24) is 9.38 Å². The van der Waals surface area contributed by atoms with E-state index in [1.165, 1.54) is 29.3 Å². The summed E-state index contributed by atoms with van der Waals surface area (Å²) in [6, 6.07) is 3.59. The Labute approximate surface area is 275 Å². The Morgan fingerprint density at radius 1 is 1.11 bits per heavy atom. The number of phenolic OH excluding ortho intramolecular Hbond substituents is 1. The Balaban J connectivity index is 0.000000305. The molecule has 1 aliphatic heterocycles. The number of hydrogen-bond donors (Lipinski definition) is 3. The van der Waals surface area contributed by atoms with Gasteiger partial charge in [0.05, 0.1) is 35.4 Å². The van der Waals surface area contributed by atoms with E-state index < -0.39 is 0 Å². The van der Waals surface area contributed by atoms with Crippen LogP contribution in [-0.4, -0.2) is 47.1 Å². The quantitative estimate of drug-likeness (QED) is 0.126. The largest absolute Gasteiger partial charge is 0.506 e. The number of allylic oxidation sites excluding steroid dienone is 8. The van der Waals surface area contributed by atoms with E-state index in [4.69, 9.17) is 9.47 Å². The first-order chi connectivity index (χ1) is 22.1. The highest BCUT2D eigenvalue weighted by Gasteiger charge is 2.18. The number of carbonyl (C=O) groups excluding carboxylic acids is 1. The topological polar surface area (TPSA) is 102 Å². The Morgan fingerprint density at radius 2 is 1.78 bits per heavy atom. The van der Waals surface area contributed by atoms with E-state index in [-0.39, 0.29) is 5.75 Å². The number of H-pyrrole nitrogens is 1. The van der Waals surface area contributed by atoms with Gasteiger partial charge in [0.2, 0.25) is 0 Å². The van der Waals surface area contributed by atoms with Crippen molar-refractivity contribution in [1.29, 1.82) is 0 Å². The smallest absolute Gasteiger partial charge is 0.154 e. The fraction of sp³-hybridized carbons (Fsp3) is 0.462. The fourth-order valence-electron chi connectivity index (χ4n) is 5.62. The van der Waals surface area contributed by atoms with Crippen LogP contribution in [0.5, 0.6) is 5.75 Å². The van der Waals surface area contributed by atoms with Crippen LogP contribution in [-0.2, 0) is 9.47 Å². The molecule has 3 heterocycles. The summed E-state index contributed by atoms with van der Waals surface area (Å²) in [5, 5.41) is 12.2. The van der Waals surface area contributed by atoms with E-state index in [9.17, 15) is 9.90 Å². The number of ether oxygens (including phenoxy) is 2. The van der Waals surface area contributed by atoms with Gasteiger partial charge in [0.1, 0.15) is 23.0 Å². The lowest BCUT2D eigenvalue weighted by atomic mass is 9.99. The van der Waals surface area contributed by atoms with Gasteiger partial charge in [-0.1, -0.05) is 56.7 Å². The number of nitrogens with two attached hydrogens (primary N) is 1. The Kier molecular flexibility index (Phi) is 15.8. The molecule has 0 amide bonds. The van der Waals surface area contributed by atoms with Crippen LogP contribution in [0, 0.1) is 6.92 Å². The van der Waals surface area contributed by atoms with Gasteiger partial charge in [-0.3, -0.25) is 9.20 Å². The monoisotopic (exact) mass is 631 g/mol. The summed E-state index contributed by atoms with van der Waals surface area (Å²) < 4.78 is 13.4. The molecule has 7 nitrogen and oxygen atoms in total. The van der Waals surface area contributed by atoms with Crippen LogP contribution in [0.25, 0.3) is 28.3 Å². The van der Waals surface area contributed by atoms with Crippen LogP contribution in [0.3, 0.4) is 0 Å². The second kappa shape index (κ2) is 19.0. The van der Waals surface area contributed by atoms with Crippen LogP contribution in [0.4, 0.5) is 0 Å². The number of aldehydes is 1. The predicted octanol–water partition coefficient (Wildman–Crippen LogP) is 7.93. The summed E-state index contributed by atoms with van der Waals surface area (Å²) in [5.74, 6) is 1.18. The summed E-state index contributed by atoms with van der Waals surface area (Å²) in [5.41, 5.74) is 13.9. The lowest BCUT2D eigenvalue weighted by Crippen LogP contribution is -2.29. The number of aryl methyl sites for hydroxylation is 1. The second-order valence-corrected chi connectivity index (χ2v) is 11.6. The molecule has 2 aromatic heterocycles. The van der Waals surface area contributed by atoms with Gasteiger partial charge in [-0.15, -0.1) is 0 Å². The average Bonchev–Trinajstić information content (AvgIpc) is 3.60. The standard InChI is InChI=1S/C19H22N2O2.C19H30O2.CH5N/c1-5-7-13-14(10-22)19-20-16-15(23)9-8-12(4)18(16)21(19)17(13)11(3)6-2;1-6-15(3)19(16(4)7-2)10-8-9-17(5)21-18-11-13-20-14-12-18;1-2/h7-10,20,23H,5-6H2,1-4H3;6,8-10,18H,7,11-14H2,1-5H3;2H2,1H3/b13-7+,17-11?;10-8-,15-6+,17-9+,19-16?;. The number of hydrogen-bond acceptors (Lipinski definition) is 5. The molecule has 46 heavy (non-hydrogen) atoms. The maximum Gasteiger partial charge on any atom is 0.154 e. The summed E-state index contributed by atoms with van der Waals surface area (Å²) >= 11 is 0. The zero-order valence-electron chi connectivity index (χ0n) is 29.8. The number of fused-ring (bicyclic) bond motifs is 3. The molecule has 7 heteroatoms. The van der Waals surface area contributed by atoms with Gasteiger partial charge in [-0.25, -0.2) is 0 Å². The molecule has 1 saturated heterocycles. The normalized spacial score (nSPS) is 16.2. The molecule has 4 rings (SSSR count). The van der Waals surface area contributed by atoms with Crippen molar-refractivity contribution < 1.29 is 19.4 Å². The maximum atomic E-state index is 11.8. The molecule has 0 radical (unpaired) electrons. The van der Waals surface area contributed by atoms with E-state index in [1.807, 2.05) is 19.9 Å². The number of rotatable bonds is 9. The zero-order chi connectivity index (χ0) is 34.4. The van der Waals surface area contributed by atoms with Gasteiger partial charge >= 0.3 is 0 Å². The van der Waals surface area contributed by atoms with Gasteiger partial charge < -0.3 is 25.3 Å². The molecule has 1 aliphatic rings. The van der Waals surface area contributed by atoms with Crippen LogP contribution in [0.1, 0.15) is 103 Å².